The van der Waals surface area contributed by atoms with Crippen LogP contribution in [0.3, 0.4) is 0 Å². The predicted octanol–water partition coefficient (Wildman–Crippen LogP) is 2.77. The average molecular weight is 321 g/mol. The minimum Gasteiger partial charge on any atom is -0.328 e. The third-order valence-corrected chi connectivity index (χ3v) is 3.68. The number of aromatic nitrogens is 4. The smallest absolute Gasteiger partial charge is 0.328 e. The van der Waals surface area contributed by atoms with Crippen LogP contribution in [0, 0.1) is 6.92 Å². The normalized spacial score (nSPS) is 10.6. The van der Waals surface area contributed by atoms with E-state index in [-0.39, 0.29) is 6.03 Å². The Morgan fingerprint density at radius 3 is 2.50 bits per heavy atom. The number of nitrogens with zero attached hydrogens (tertiary/aromatic N) is 5. The van der Waals surface area contributed by atoms with E-state index in [1.54, 1.807) is 14.1 Å². The first-order valence-electron chi connectivity index (χ1n) is 7.69. The molecule has 1 amide bonds. The van der Waals surface area contributed by atoms with Gasteiger partial charge < -0.3 is 4.90 Å². The van der Waals surface area contributed by atoms with Crippen LogP contribution in [0.15, 0.2) is 48.5 Å². The molecule has 1 aromatic heterocycles. The highest BCUT2D eigenvalue weighted by atomic mass is 16.2. The summed E-state index contributed by atoms with van der Waals surface area (Å²) in [7, 11) is 3.30. The van der Waals surface area contributed by atoms with Crippen molar-refractivity contribution in [3.63, 3.8) is 0 Å². The summed E-state index contributed by atoms with van der Waals surface area (Å²) in [5.74, 6) is 0.522. The van der Waals surface area contributed by atoms with Crippen LogP contribution in [0.1, 0.15) is 17.0 Å². The second-order valence-corrected chi connectivity index (χ2v) is 5.92. The third-order valence-electron chi connectivity index (χ3n) is 3.68. The Hall–Kier alpha value is -3.02. The Morgan fingerprint density at radius 2 is 1.83 bits per heavy atom. The Morgan fingerprint density at radius 1 is 1.08 bits per heavy atom. The summed E-state index contributed by atoms with van der Waals surface area (Å²) in [6.07, 6.45) is 0.537. The van der Waals surface area contributed by atoms with Crippen LogP contribution >= 0.6 is 0 Å². The molecular formula is C18H19N5O. The number of rotatable bonds is 3. The second-order valence-electron chi connectivity index (χ2n) is 5.92. The minimum atomic E-state index is -0.316. The van der Waals surface area contributed by atoms with Gasteiger partial charge >= 0.3 is 6.03 Å². The third kappa shape index (κ3) is 3.48. The first-order valence-corrected chi connectivity index (χ1v) is 7.69. The first-order chi connectivity index (χ1) is 11.5. The molecule has 3 aromatic rings. The zero-order valence-electron chi connectivity index (χ0n) is 14.0. The van der Waals surface area contributed by atoms with Gasteiger partial charge in [0.2, 0.25) is 0 Å². The number of tetrazole rings is 1. The molecule has 0 bridgehead atoms. The summed E-state index contributed by atoms with van der Waals surface area (Å²) in [6, 6.07) is 16.3. The molecule has 0 aliphatic carbocycles. The molecule has 0 saturated heterocycles. The highest BCUT2D eigenvalue weighted by Gasteiger charge is 2.12. The molecule has 0 aliphatic rings. The molecule has 6 nitrogen and oxygen atoms in total. The lowest BCUT2D eigenvalue weighted by atomic mass is 10.0. The zero-order chi connectivity index (χ0) is 17.1. The molecular weight excluding hydrogens is 302 g/mol. The lowest BCUT2D eigenvalue weighted by Gasteiger charge is -2.06. The van der Waals surface area contributed by atoms with E-state index in [4.69, 9.17) is 0 Å². The number of aryl methyl sites for hydroxylation is 1. The van der Waals surface area contributed by atoms with Crippen molar-refractivity contribution in [2.75, 3.05) is 14.1 Å². The standard InChI is InChI=1S/C18H19N5O/c1-13-5-4-6-16(11-13)15-9-7-14(8-10-15)12-17-19-21-23(20-17)18(24)22(2)3/h4-11H,12H2,1-3H3. The van der Waals surface area contributed by atoms with Crippen LogP contribution in [0.4, 0.5) is 4.79 Å². The van der Waals surface area contributed by atoms with E-state index in [0.29, 0.717) is 12.2 Å². The summed E-state index contributed by atoms with van der Waals surface area (Å²) in [6.45, 7) is 2.09. The summed E-state index contributed by atoms with van der Waals surface area (Å²) >= 11 is 0. The zero-order valence-corrected chi connectivity index (χ0v) is 14.0. The molecule has 0 spiro atoms. The van der Waals surface area contributed by atoms with Gasteiger partial charge in [-0.1, -0.05) is 58.9 Å². The Kier molecular flexibility index (Phi) is 4.37. The van der Waals surface area contributed by atoms with Crippen LogP contribution in [0.5, 0.6) is 0 Å². The second kappa shape index (κ2) is 6.62. The van der Waals surface area contributed by atoms with E-state index in [1.807, 2.05) is 12.1 Å². The van der Waals surface area contributed by atoms with Crippen molar-refractivity contribution in [2.24, 2.45) is 0 Å². The number of hydrogen-bond acceptors (Lipinski definition) is 4. The van der Waals surface area contributed by atoms with E-state index in [2.05, 4.69) is 58.7 Å². The monoisotopic (exact) mass is 321 g/mol. The molecule has 24 heavy (non-hydrogen) atoms. The van der Waals surface area contributed by atoms with Gasteiger partial charge in [-0.3, -0.25) is 0 Å². The van der Waals surface area contributed by atoms with E-state index < -0.39 is 0 Å². The molecule has 0 aliphatic heterocycles. The van der Waals surface area contributed by atoms with Crippen molar-refractivity contribution in [3.8, 4) is 11.1 Å². The van der Waals surface area contributed by atoms with Gasteiger partial charge in [-0.25, -0.2) is 4.79 Å². The molecule has 0 fully saturated rings. The van der Waals surface area contributed by atoms with Gasteiger partial charge in [0.15, 0.2) is 5.82 Å². The minimum absolute atomic E-state index is 0.316. The number of hydrogen-bond donors (Lipinski definition) is 0. The Balaban J connectivity index is 1.74. The van der Waals surface area contributed by atoms with Crippen molar-refractivity contribution in [3.05, 3.63) is 65.5 Å². The van der Waals surface area contributed by atoms with E-state index in [1.165, 1.54) is 21.6 Å². The number of benzene rings is 2. The van der Waals surface area contributed by atoms with Gasteiger partial charge in [-0.15, -0.1) is 10.2 Å². The fraction of sp³-hybridized carbons (Fsp3) is 0.222. The fourth-order valence-corrected chi connectivity index (χ4v) is 2.40. The van der Waals surface area contributed by atoms with Crippen LogP contribution in [-0.4, -0.2) is 45.2 Å². The maximum Gasteiger partial charge on any atom is 0.362 e. The van der Waals surface area contributed by atoms with Gasteiger partial charge in [-0.05, 0) is 28.8 Å². The lowest BCUT2D eigenvalue weighted by molar-refractivity contribution is 0.211. The summed E-state index contributed by atoms with van der Waals surface area (Å²) in [4.78, 5) is 14.2. The molecule has 0 N–H and O–H groups in total. The summed E-state index contributed by atoms with van der Waals surface area (Å²) in [5.41, 5.74) is 4.68. The van der Waals surface area contributed by atoms with Gasteiger partial charge in [0.05, 0.1) is 0 Å². The van der Waals surface area contributed by atoms with Crippen LogP contribution in [0.2, 0.25) is 0 Å². The highest BCUT2D eigenvalue weighted by Crippen LogP contribution is 2.21. The molecule has 0 atom stereocenters. The molecule has 6 heteroatoms. The van der Waals surface area contributed by atoms with Crippen LogP contribution in [0.25, 0.3) is 11.1 Å². The van der Waals surface area contributed by atoms with Crippen molar-refractivity contribution >= 4 is 6.03 Å². The van der Waals surface area contributed by atoms with Gasteiger partial charge in [-0.2, -0.15) is 0 Å². The van der Waals surface area contributed by atoms with Gasteiger partial charge in [0, 0.05) is 20.5 Å². The van der Waals surface area contributed by atoms with Crippen molar-refractivity contribution in [1.82, 2.24) is 25.1 Å². The van der Waals surface area contributed by atoms with Crippen molar-refractivity contribution < 1.29 is 4.79 Å². The molecule has 122 valence electrons. The van der Waals surface area contributed by atoms with Crippen molar-refractivity contribution in [1.29, 1.82) is 0 Å². The fourth-order valence-electron chi connectivity index (χ4n) is 2.40. The SMILES string of the molecule is Cc1cccc(-c2ccc(Cc3nnn(C(=O)N(C)C)n3)cc2)c1. The highest BCUT2D eigenvalue weighted by molar-refractivity contribution is 5.74. The van der Waals surface area contributed by atoms with E-state index >= 15 is 0 Å². The number of carbonyl (C=O) groups is 1. The maximum absolute atomic E-state index is 11.8. The first kappa shape index (κ1) is 15.9. The molecule has 0 unspecified atom stereocenters. The molecule has 0 radical (unpaired) electrons. The quantitative estimate of drug-likeness (QED) is 0.744. The molecule has 2 aromatic carbocycles. The summed E-state index contributed by atoms with van der Waals surface area (Å²) in [5, 5.41) is 11.9. The Bertz CT molecular complexity index is 852. The Labute approximate surface area is 140 Å². The van der Waals surface area contributed by atoms with Crippen molar-refractivity contribution in [2.45, 2.75) is 13.3 Å². The maximum atomic E-state index is 11.8. The average Bonchev–Trinajstić information content (AvgIpc) is 3.03. The largest absolute Gasteiger partial charge is 0.362 e. The van der Waals surface area contributed by atoms with Gasteiger partial charge in [0.1, 0.15) is 0 Å². The van der Waals surface area contributed by atoms with E-state index in [0.717, 1.165) is 10.4 Å². The number of amides is 1. The van der Waals surface area contributed by atoms with Gasteiger partial charge in [0.25, 0.3) is 0 Å². The topological polar surface area (TPSA) is 63.9 Å². The molecule has 3 rings (SSSR count). The lowest BCUT2D eigenvalue weighted by Crippen LogP contribution is -2.29. The van der Waals surface area contributed by atoms with Crippen LogP contribution in [-0.2, 0) is 6.42 Å². The van der Waals surface area contributed by atoms with Crippen LogP contribution < -0.4 is 0 Å². The predicted molar refractivity (Wildman–Crippen MR) is 91.7 cm³/mol. The summed E-state index contributed by atoms with van der Waals surface area (Å²) < 4.78 is 0. The number of carbonyl (C=O) groups excluding carboxylic acids is 1. The van der Waals surface area contributed by atoms with E-state index in [9.17, 15) is 4.79 Å². The molecule has 0 saturated carbocycles. The molecule has 1 heterocycles.